The van der Waals surface area contributed by atoms with Crippen molar-refractivity contribution in [3.63, 3.8) is 0 Å². The first-order valence-corrected chi connectivity index (χ1v) is 5.28. The van der Waals surface area contributed by atoms with Crippen molar-refractivity contribution in [1.82, 2.24) is 15.0 Å². The molecule has 0 aliphatic heterocycles. The highest BCUT2D eigenvalue weighted by atomic mass is 79.9. The lowest BCUT2D eigenvalue weighted by atomic mass is 10.3. The van der Waals surface area contributed by atoms with E-state index in [0.29, 0.717) is 6.54 Å². The maximum atomic E-state index is 5.44. The molecule has 0 aromatic carbocycles. The van der Waals surface area contributed by atoms with Gasteiger partial charge in [-0.2, -0.15) is 0 Å². The smallest absolute Gasteiger partial charge is 0.107 e. The molecule has 0 atom stereocenters. The molecule has 3 N–H and O–H groups in total. The molecule has 0 amide bonds. The van der Waals surface area contributed by atoms with Crippen LogP contribution in [0, 0.1) is 0 Å². The van der Waals surface area contributed by atoms with Crippen molar-refractivity contribution in [2.24, 2.45) is 5.73 Å². The van der Waals surface area contributed by atoms with Crippen LogP contribution in [0.25, 0.3) is 11.0 Å². The van der Waals surface area contributed by atoms with Crippen molar-refractivity contribution in [3.8, 4) is 0 Å². The van der Waals surface area contributed by atoms with Gasteiger partial charge in [0.15, 0.2) is 0 Å². The van der Waals surface area contributed by atoms with Crippen molar-refractivity contribution in [1.29, 1.82) is 0 Å². The topological polar surface area (TPSA) is 67.6 Å². The Bertz CT molecular complexity index is 437. The Morgan fingerprint density at radius 3 is 3.00 bits per heavy atom. The Balaban J connectivity index is 2.36. The van der Waals surface area contributed by atoms with Crippen molar-refractivity contribution >= 4 is 27.0 Å². The summed E-state index contributed by atoms with van der Waals surface area (Å²) in [5.74, 6) is 0.971. The monoisotopic (exact) mass is 254 g/mol. The normalized spacial score (nSPS) is 11.0. The lowest BCUT2D eigenvalue weighted by molar-refractivity contribution is 0.796. The van der Waals surface area contributed by atoms with Crippen LogP contribution in [0.2, 0.25) is 0 Å². The molecular formula is C9H11BrN4. The standard InChI is InChI=1S/C9H11BrN4/c10-6-4-12-5-7-9(6)14-8(13-7)2-1-3-11/h4-5H,1-3,11H2,(H,13,14). The minimum atomic E-state index is 0.691. The van der Waals surface area contributed by atoms with Crippen LogP contribution in [0.1, 0.15) is 12.2 Å². The van der Waals surface area contributed by atoms with E-state index in [1.807, 2.05) is 0 Å². The van der Waals surface area contributed by atoms with E-state index in [1.54, 1.807) is 12.4 Å². The van der Waals surface area contributed by atoms with E-state index in [-0.39, 0.29) is 0 Å². The van der Waals surface area contributed by atoms with Crippen LogP contribution in [0.15, 0.2) is 16.9 Å². The number of aromatic amines is 1. The molecule has 0 aliphatic carbocycles. The van der Waals surface area contributed by atoms with E-state index in [4.69, 9.17) is 5.73 Å². The number of halogens is 1. The number of nitrogens with one attached hydrogen (secondary N) is 1. The molecule has 4 nitrogen and oxygen atoms in total. The number of pyridine rings is 1. The number of nitrogens with zero attached hydrogens (tertiary/aromatic N) is 2. The van der Waals surface area contributed by atoms with Gasteiger partial charge in [0.1, 0.15) is 11.3 Å². The summed E-state index contributed by atoms with van der Waals surface area (Å²) in [6.07, 6.45) is 5.36. The molecule has 0 aliphatic rings. The van der Waals surface area contributed by atoms with E-state index in [2.05, 4.69) is 30.9 Å². The Morgan fingerprint density at radius 2 is 2.29 bits per heavy atom. The van der Waals surface area contributed by atoms with E-state index >= 15 is 0 Å². The number of fused-ring (bicyclic) bond motifs is 1. The van der Waals surface area contributed by atoms with Crippen LogP contribution in [0.5, 0.6) is 0 Å². The summed E-state index contributed by atoms with van der Waals surface area (Å²) in [6.45, 7) is 0.691. The Kier molecular flexibility index (Phi) is 2.79. The van der Waals surface area contributed by atoms with Gasteiger partial charge in [0, 0.05) is 12.6 Å². The fourth-order valence-electron chi connectivity index (χ4n) is 1.34. The average molecular weight is 255 g/mol. The van der Waals surface area contributed by atoms with Crippen molar-refractivity contribution in [3.05, 3.63) is 22.7 Å². The summed E-state index contributed by atoms with van der Waals surface area (Å²) in [4.78, 5) is 11.7. The summed E-state index contributed by atoms with van der Waals surface area (Å²) in [5, 5.41) is 0. The van der Waals surface area contributed by atoms with Crippen LogP contribution in [0.4, 0.5) is 0 Å². The van der Waals surface area contributed by atoms with Gasteiger partial charge in [-0.15, -0.1) is 0 Å². The molecule has 0 spiro atoms. The lowest BCUT2D eigenvalue weighted by Gasteiger charge is -1.91. The van der Waals surface area contributed by atoms with Crippen LogP contribution >= 0.6 is 15.9 Å². The first-order chi connectivity index (χ1) is 6.81. The largest absolute Gasteiger partial charge is 0.341 e. The van der Waals surface area contributed by atoms with Crippen molar-refractivity contribution < 1.29 is 0 Å². The first-order valence-electron chi connectivity index (χ1n) is 4.49. The zero-order chi connectivity index (χ0) is 9.97. The summed E-state index contributed by atoms with van der Waals surface area (Å²) in [7, 11) is 0. The van der Waals surface area contributed by atoms with Crippen molar-refractivity contribution in [2.75, 3.05) is 6.54 Å². The SMILES string of the molecule is NCCCc1nc2c(Br)cncc2[nH]1. The van der Waals surface area contributed by atoms with Crippen LogP contribution in [0.3, 0.4) is 0 Å². The minimum absolute atomic E-state index is 0.691. The molecular weight excluding hydrogens is 244 g/mol. The van der Waals surface area contributed by atoms with E-state index < -0.39 is 0 Å². The molecule has 0 saturated carbocycles. The molecule has 2 aromatic rings. The quantitative estimate of drug-likeness (QED) is 0.875. The van der Waals surface area contributed by atoms with Crippen LogP contribution in [-0.4, -0.2) is 21.5 Å². The molecule has 14 heavy (non-hydrogen) atoms. The van der Waals surface area contributed by atoms with Gasteiger partial charge < -0.3 is 10.7 Å². The molecule has 0 saturated heterocycles. The number of nitrogens with two attached hydrogens (primary N) is 1. The first kappa shape index (κ1) is 9.61. The predicted molar refractivity (Wildman–Crippen MR) is 59.0 cm³/mol. The Morgan fingerprint density at radius 1 is 1.43 bits per heavy atom. The molecule has 2 aromatic heterocycles. The molecule has 5 heteroatoms. The van der Waals surface area contributed by atoms with E-state index in [9.17, 15) is 0 Å². The second-order valence-corrected chi connectivity index (χ2v) is 3.95. The predicted octanol–water partition coefficient (Wildman–Crippen LogP) is 1.61. The van der Waals surface area contributed by atoms with E-state index in [1.165, 1.54) is 0 Å². The second kappa shape index (κ2) is 4.06. The maximum Gasteiger partial charge on any atom is 0.107 e. The highest BCUT2D eigenvalue weighted by Crippen LogP contribution is 2.20. The summed E-state index contributed by atoms with van der Waals surface area (Å²) in [5.41, 5.74) is 7.34. The molecule has 0 fully saturated rings. The summed E-state index contributed by atoms with van der Waals surface area (Å²) >= 11 is 3.41. The second-order valence-electron chi connectivity index (χ2n) is 3.09. The zero-order valence-electron chi connectivity index (χ0n) is 7.63. The Hall–Kier alpha value is -0.940. The van der Waals surface area contributed by atoms with Gasteiger partial charge in [-0.05, 0) is 28.9 Å². The third-order valence-corrected chi connectivity index (χ3v) is 2.60. The number of hydrogen-bond acceptors (Lipinski definition) is 3. The van der Waals surface area contributed by atoms with Gasteiger partial charge in [0.2, 0.25) is 0 Å². The summed E-state index contributed by atoms with van der Waals surface area (Å²) in [6, 6.07) is 0. The minimum Gasteiger partial charge on any atom is -0.341 e. The number of H-pyrrole nitrogens is 1. The van der Waals surface area contributed by atoms with Gasteiger partial charge in [0.05, 0.1) is 16.2 Å². The molecule has 0 radical (unpaired) electrons. The molecule has 0 bridgehead atoms. The van der Waals surface area contributed by atoms with Crippen molar-refractivity contribution in [2.45, 2.75) is 12.8 Å². The van der Waals surface area contributed by atoms with E-state index in [0.717, 1.165) is 34.2 Å². The number of imidazole rings is 1. The lowest BCUT2D eigenvalue weighted by Crippen LogP contribution is -2.01. The number of aryl methyl sites for hydroxylation is 1. The number of hydrogen-bond donors (Lipinski definition) is 2. The number of aromatic nitrogens is 3. The van der Waals surface area contributed by atoms with Gasteiger partial charge in [-0.25, -0.2) is 4.98 Å². The zero-order valence-corrected chi connectivity index (χ0v) is 9.21. The molecule has 2 rings (SSSR count). The van der Waals surface area contributed by atoms with Gasteiger partial charge in [-0.3, -0.25) is 4.98 Å². The molecule has 2 heterocycles. The fourth-order valence-corrected chi connectivity index (χ4v) is 1.76. The van der Waals surface area contributed by atoms with Gasteiger partial charge in [-0.1, -0.05) is 0 Å². The average Bonchev–Trinajstić information content (AvgIpc) is 2.59. The number of rotatable bonds is 3. The third-order valence-electron chi connectivity index (χ3n) is 2.02. The highest BCUT2D eigenvalue weighted by molar-refractivity contribution is 9.10. The van der Waals surface area contributed by atoms with Crippen LogP contribution in [-0.2, 0) is 6.42 Å². The Labute approximate surface area is 90.1 Å². The van der Waals surface area contributed by atoms with Gasteiger partial charge in [0.25, 0.3) is 0 Å². The maximum absolute atomic E-state index is 5.44. The fraction of sp³-hybridized carbons (Fsp3) is 0.333. The van der Waals surface area contributed by atoms with Crippen LogP contribution < -0.4 is 5.73 Å². The third kappa shape index (κ3) is 1.78. The summed E-state index contributed by atoms with van der Waals surface area (Å²) < 4.78 is 0.922. The molecule has 74 valence electrons. The molecule has 0 unspecified atom stereocenters. The highest BCUT2D eigenvalue weighted by Gasteiger charge is 2.05. The van der Waals surface area contributed by atoms with Gasteiger partial charge >= 0.3 is 0 Å².